The van der Waals surface area contributed by atoms with Gasteiger partial charge in [0, 0.05) is 30.7 Å². The number of benzene rings is 2. The standard InChI is InChI=1S/C23H26N4O/c1-16(2)27(15-19-8-6-5-7-9-19)23-24-13-20(14-25-23)22(28)26-21-11-17(3)10-18(4)12-21/h5-14,16H,15H2,1-4H3,(H,26,28). The van der Waals surface area contributed by atoms with E-state index < -0.39 is 0 Å². The number of hydrogen-bond donors (Lipinski definition) is 1. The van der Waals surface area contributed by atoms with Crippen LogP contribution in [-0.4, -0.2) is 21.9 Å². The molecule has 1 heterocycles. The molecule has 5 nitrogen and oxygen atoms in total. The molecular formula is C23H26N4O. The average molecular weight is 374 g/mol. The average Bonchev–Trinajstić information content (AvgIpc) is 2.66. The van der Waals surface area contributed by atoms with Gasteiger partial charge in [-0.2, -0.15) is 0 Å². The molecule has 1 aromatic heterocycles. The second kappa shape index (κ2) is 8.65. The van der Waals surface area contributed by atoms with E-state index in [1.165, 1.54) is 5.56 Å². The van der Waals surface area contributed by atoms with Gasteiger partial charge in [-0.3, -0.25) is 4.79 Å². The molecule has 0 fully saturated rings. The van der Waals surface area contributed by atoms with E-state index in [1.54, 1.807) is 12.4 Å². The van der Waals surface area contributed by atoms with E-state index in [4.69, 9.17) is 0 Å². The lowest BCUT2D eigenvalue weighted by Crippen LogP contribution is -2.31. The third kappa shape index (κ3) is 4.94. The smallest absolute Gasteiger partial charge is 0.258 e. The van der Waals surface area contributed by atoms with Gasteiger partial charge in [-0.05, 0) is 56.5 Å². The van der Waals surface area contributed by atoms with Crippen molar-refractivity contribution in [2.45, 2.75) is 40.3 Å². The number of nitrogens with one attached hydrogen (secondary N) is 1. The van der Waals surface area contributed by atoms with E-state index in [0.717, 1.165) is 16.8 Å². The van der Waals surface area contributed by atoms with Crippen molar-refractivity contribution >= 4 is 17.5 Å². The van der Waals surface area contributed by atoms with Crippen LogP contribution in [0.15, 0.2) is 60.9 Å². The van der Waals surface area contributed by atoms with Crippen molar-refractivity contribution < 1.29 is 4.79 Å². The molecule has 0 saturated heterocycles. The Bertz CT molecular complexity index is 916. The van der Waals surface area contributed by atoms with Crippen LogP contribution < -0.4 is 10.2 Å². The van der Waals surface area contributed by atoms with Crippen LogP contribution in [0.4, 0.5) is 11.6 Å². The molecule has 0 aliphatic carbocycles. The van der Waals surface area contributed by atoms with E-state index in [9.17, 15) is 4.79 Å². The first-order chi connectivity index (χ1) is 13.4. The monoisotopic (exact) mass is 374 g/mol. The van der Waals surface area contributed by atoms with Gasteiger partial charge in [0.05, 0.1) is 5.56 Å². The summed E-state index contributed by atoms with van der Waals surface area (Å²) in [5.74, 6) is 0.400. The molecule has 0 saturated carbocycles. The van der Waals surface area contributed by atoms with E-state index >= 15 is 0 Å². The van der Waals surface area contributed by atoms with Gasteiger partial charge < -0.3 is 10.2 Å². The van der Waals surface area contributed by atoms with Gasteiger partial charge >= 0.3 is 0 Å². The molecule has 0 radical (unpaired) electrons. The molecule has 5 heteroatoms. The lowest BCUT2D eigenvalue weighted by atomic mass is 10.1. The fraction of sp³-hybridized carbons (Fsp3) is 0.261. The highest BCUT2D eigenvalue weighted by molar-refractivity contribution is 6.04. The maximum atomic E-state index is 12.5. The number of amides is 1. The van der Waals surface area contributed by atoms with E-state index in [-0.39, 0.29) is 11.9 Å². The van der Waals surface area contributed by atoms with Crippen LogP contribution in [0.1, 0.15) is 40.9 Å². The lowest BCUT2D eigenvalue weighted by Gasteiger charge is -2.26. The molecule has 2 aromatic carbocycles. The number of aromatic nitrogens is 2. The number of nitrogens with zero attached hydrogens (tertiary/aromatic N) is 3. The summed E-state index contributed by atoms with van der Waals surface area (Å²) < 4.78 is 0. The van der Waals surface area contributed by atoms with E-state index in [2.05, 4.69) is 52.2 Å². The summed E-state index contributed by atoms with van der Waals surface area (Å²) in [4.78, 5) is 23.5. The van der Waals surface area contributed by atoms with Crippen LogP contribution in [0, 0.1) is 13.8 Å². The molecule has 3 aromatic rings. The second-order valence-electron chi connectivity index (χ2n) is 7.31. The van der Waals surface area contributed by atoms with Gasteiger partial charge in [0.25, 0.3) is 5.91 Å². The predicted molar refractivity (Wildman–Crippen MR) is 114 cm³/mol. The normalized spacial score (nSPS) is 10.8. The first-order valence-electron chi connectivity index (χ1n) is 9.44. The van der Waals surface area contributed by atoms with Crippen molar-refractivity contribution in [1.82, 2.24) is 9.97 Å². The zero-order chi connectivity index (χ0) is 20.1. The Morgan fingerprint density at radius 2 is 1.61 bits per heavy atom. The first kappa shape index (κ1) is 19.5. The summed E-state index contributed by atoms with van der Waals surface area (Å²) in [6.07, 6.45) is 3.17. The Morgan fingerprint density at radius 3 is 2.18 bits per heavy atom. The fourth-order valence-corrected chi connectivity index (χ4v) is 3.10. The molecule has 0 bridgehead atoms. The van der Waals surface area contributed by atoms with Crippen LogP contribution in [0.3, 0.4) is 0 Å². The van der Waals surface area contributed by atoms with Crippen LogP contribution in [-0.2, 0) is 6.54 Å². The van der Waals surface area contributed by atoms with Gasteiger partial charge in [0.15, 0.2) is 0 Å². The van der Waals surface area contributed by atoms with Gasteiger partial charge in [-0.1, -0.05) is 36.4 Å². The minimum absolute atomic E-state index is 0.212. The third-order valence-corrected chi connectivity index (χ3v) is 4.46. The predicted octanol–water partition coefficient (Wildman–Crippen LogP) is 4.76. The first-order valence-corrected chi connectivity index (χ1v) is 9.44. The Hall–Kier alpha value is -3.21. The molecule has 0 spiro atoms. The summed E-state index contributed by atoms with van der Waals surface area (Å²) in [6.45, 7) is 8.94. The molecule has 144 valence electrons. The largest absolute Gasteiger partial charge is 0.334 e. The molecular weight excluding hydrogens is 348 g/mol. The zero-order valence-corrected chi connectivity index (χ0v) is 16.8. The Balaban J connectivity index is 1.74. The van der Waals surface area contributed by atoms with Gasteiger partial charge in [-0.25, -0.2) is 9.97 Å². The van der Waals surface area contributed by atoms with E-state index in [0.29, 0.717) is 18.1 Å². The third-order valence-electron chi connectivity index (χ3n) is 4.46. The molecule has 3 rings (SSSR count). The molecule has 0 unspecified atom stereocenters. The van der Waals surface area contributed by atoms with Crippen molar-refractivity contribution in [3.63, 3.8) is 0 Å². The molecule has 0 aliphatic heterocycles. The highest BCUT2D eigenvalue weighted by Gasteiger charge is 2.15. The fourth-order valence-electron chi connectivity index (χ4n) is 3.10. The molecule has 28 heavy (non-hydrogen) atoms. The van der Waals surface area contributed by atoms with Gasteiger partial charge in [0.2, 0.25) is 5.95 Å². The topological polar surface area (TPSA) is 58.1 Å². The van der Waals surface area contributed by atoms with Crippen LogP contribution in [0.5, 0.6) is 0 Å². The summed E-state index contributed by atoms with van der Waals surface area (Å²) in [7, 11) is 0. The number of carbonyl (C=O) groups is 1. The highest BCUT2D eigenvalue weighted by atomic mass is 16.1. The number of anilines is 2. The number of rotatable bonds is 6. The Labute approximate surface area is 166 Å². The highest BCUT2D eigenvalue weighted by Crippen LogP contribution is 2.17. The van der Waals surface area contributed by atoms with Crippen LogP contribution >= 0.6 is 0 Å². The van der Waals surface area contributed by atoms with Gasteiger partial charge in [0.1, 0.15) is 0 Å². The minimum atomic E-state index is -0.212. The lowest BCUT2D eigenvalue weighted by molar-refractivity contribution is 0.102. The maximum absolute atomic E-state index is 12.5. The van der Waals surface area contributed by atoms with Crippen molar-refractivity contribution in [2.24, 2.45) is 0 Å². The Morgan fingerprint density at radius 1 is 1.00 bits per heavy atom. The van der Waals surface area contributed by atoms with Crippen molar-refractivity contribution in [2.75, 3.05) is 10.2 Å². The Kier molecular flexibility index (Phi) is 6.04. The second-order valence-corrected chi connectivity index (χ2v) is 7.31. The SMILES string of the molecule is Cc1cc(C)cc(NC(=O)c2cnc(N(Cc3ccccc3)C(C)C)nc2)c1. The number of carbonyl (C=O) groups excluding carboxylic acids is 1. The number of hydrogen-bond acceptors (Lipinski definition) is 4. The molecule has 0 atom stereocenters. The summed E-state index contributed by atoms with van der Waals surface area (Å²) in [5.41, 5.74) is 4.62. The van der Waals surface area contributed by atoms with Gasteiger partial charge in [-0.15, -0.1) is 0 Å². The number of aryl methyl sites for hydroxylation is 2. The van der Waals surface area contributed by atoms with E-state index in [1.807, 2.05) is 44.2 Å². The minimum Gasteiger partial charge on any atom is -0.334 e. The summed E-state index contributed by atoms with van der Waals surface area (Å²) >= 11 is 0. The molecule has 1 amide bonds. The van der Waals surface area contributed by atoms with Crippen molar-refractivity contribution in [3.8, 4) is 0 Å². The van der Waals surface area contributed by atoms with Crippen LogP contribution in [0.2, 0.25) is 0 Å². The van der Waals surface area contributed by atoms with Crippen molar-refractivity contribution in [1.29, 1.82) is 0 Å². The maximum Gasteiger partial charge on any atom is 0.258 e. The van der Waals surface area contributed by atoms with Crippen LogP contribution in [0.25, 0.3) is 0 Å². The van der Waals surface area contributed by atoms with Crippen molar-refractivity contribution in [3.05, 3.63) is 83.2 Å². The molecule has 0 aliphatic rings. The quantitative estimate of drug-likeness (QED) is 0.676. The zero-order valence-electron chi connectivity index (χ0n) is 16.8. The molecule has 1 N–H and O–H groups in total. The summed E-state index contributed by atoms with van der Waals surface area (Å²) in [5, 5.41) is 2.92. The summed E-state index contributed by atoms with van der Waals surface area (Å²) in [6, 6.07) is 16.4.